The monoisotopic (exact) mass is 411 g/mol. The Labute approximate surface area is 171 Å². The molecule has 2 aromatic rings. The third-order valence-electron chi connectivity index (χ3n) is 6.17. The van der Waals surface area contributed by atoms with Crippen molar-refractivity contribution >= 4 is 21.7 Å². The summed E-state index contributed by atoms with van der Waals surface area (Å²) >= 11 is 0. The second-order valence-corrected chi connectivity index (χ2v) is 10.2. The minimum Gasteiger partial charge on any atom is -0.277 e. The number of imide groups is 1. The molecular weight excluding hydrogens is 386 g/mol. The van der Waals surface area contributed by atoms with E-state index in [1.165, 1.54) is 4.90 Å². The van der Waals surface area contributed by atoms with Crippen molar-refractivity contribution in [2.45, 2.75) is 49.3 Å². The predicted octanol–water partition coefficient (Wildman–Crippen LogP) is 3.51. The van der Waals surface area contributed by atoms with E-state index in [4.69, 9.17) is 0 Å². The number of sulfone groups is 1. The van der Waals surface area contributed by atoms with Gasteiger partial charge >= 0.3 is 0 Å². The van der Waals surface area contributed by atoms with Gasteiger partial charge in [0.1, 0.15) is 5.25 Å². The molecule has 1 aliphatic heterocycles. The van der Waals surface area contributed by atoms with Crippen LogP contribution < -0.4 is 0 Å². The predicted molar refractivity (Wildman–Crippen MR) is 110 cm³/mol. The van der Waals surface area contributed by atoms with Crippen molar-refractivity contribution in [1.82, 2.24) is 4.90 Å². The fourth-order valence-electron chi connectivity index (χ4n) is 4.63. The molecule has 0 bridgehead atoms. The summed E-state index contributed by atoms with van der Waals surface area (Å²) in [5.74, 6) is -1.65. The number of fused-ring (bicyclic) bond motifs is 1. The number of aryl methyl sites for hydroxylation is 1. The molecule has 152 valence electrons. The van der Waals surface area contributed by atoms with E-state index in [1.807, 2.05) is 37.3 Å². The van der Waals surface area contributed by atoms with Crippen LogP contribution in [0, 0.1) is 18.8 Å². The number of carbonyl (C=O) groups excluding carboxylic acids is 2. The first-order valence-electron chi connectivity index (χ1n) is 10.1. The Hall–Kier alpha value is -2.47. The zero-order chi connectivity index (χ0) is 20.6. The summed E-state index contributed by atoms with van der Waals surface area (Å²) in [5.41, 5.74) is 1.77. The van der Waals surface area contributed by atoms with Crippen molar-refractivity contribution in [2.75, 3.05) is 0 Å². The molecule has 6 heteroatoms. The Morgan fingerprint density at radius 1 is 0.897 bits per heavy atom. The van der Waals surface area contributed by atoms with Crippen LogP contribution >= 0.6 is 0 Å². The zero-order valence-corrected chi connectivity index (χ0v) is 17.3. The van der Waals surface area contributed by atoms with Crippen molar-refractivity contribution in [1.29, 1.82) is 0 Å². The van der Waals surface area contributed by atoms with Crippen LogP contribution in [0.4, 0.5) is 0 Å². The van der Waals surface area contributed by atoms with Crippen molar-refractivity contribution in [2.24, 2.45) is 11.8 Å². The minimum atomic E-state index is -3.89. The third-order valence-corrected chi connectivity index (χ3v) is 8.32. The first-order valence-corrected chi connectivity index (χ1v) is 11.6. The number of amides is 2. The largest absolute Gasteiger partial charge is 0.277 e. The smallest absolute Gasteiger partial charge is 0.248 e. The number of piperidine rings is 1. The van der Waals surface area contributed by atoms with E-state index < -0.39 is 32.8 Å². The molecule has 29 heavy (non-hydrogen) atoms. The molecule has 5 nitrogen and oxygen atoms in total. The molecular formula is C23H25NO4S. The van der Waals surface area contributed by atoms with Crippen LogP contribution in [-0.2, 0) is 26.0 Å². The van der Waals surface area contributed by atoms with Gasteiger partial charge in [-0.2, -0.15) is 0 Å². The fourth-order valence-corrected chi connectivity index (χ4v) is 6.62. The van der Waals surface area contributed by atoms with Crippen molar-refractivity contribution in [3.8, 4) is 0 Å². The maximum absolute atomic E-state index is 13.5. The number of carbonyl (C=O) groups is 2. The second-order valence-electron chi connectivity index (χ2n) is 8.08. The summed E-state index contributed by atoms with van der Waals surface area (Å²) in [6.07, 6.45) is 2.97. The van der Waals surface area contributed by atoms with Gasteiger partial charge in [0.2, 0.25) is 11.8 Å². The van der Waals surface area contributed by atoms with Crippen LogP contribution in [0.25, 0.3) is 0 Å². The normalized spacial score (nSPS) is 25.0. The van der Waals surface area contributed by atoms with Crippen LogP contribution in [0.1, 0.15) is 36.8 Å². The molecule has 1 heterocycles. The highest BCUT2D eigenvalue weighted by Crippen LogP contribution is 2.42. The molecule has 1 saturated carbocycles. The molecule has 2 aromatic carbocycles. The van der Waals surface area contributed by atoms with E-state index in [0.29, 0.717) is 12.8 Å². The van der Waals surface area contributed by atoms with Gasteiger partial charge in [0.25, 0.3) is 0 Å². The number of likely N-dealkylation sites (tertiary alicyclic amines) is 1. The average Bonchev–Trinajstić information content (AvgIpc) is 2.72. The van der Waals surface area contributed by atoms with Gasteiger partial charge in [0.05, 0.1) is 11.4 Å². The van der Waals surface area contributed by atoms with Gasteiger partial charge in [-0.25, -0.2) is 8.42 Å². The van der Waals surface area contributed by atoms with Crippen LogP contribution in [0.3, 0.4) is 0 Å². The highest BCUT2D eigenvalue weighted by molar-refractivity contribution is 7.92. The highest BCUT2D eigenvalue weighted by Gasteiger charge is 2.54. The van der Waals surface area contributed by atoms with E-state index in [0.717, 1.165) is 24.0 Å². The molecule has 0 spiro atoms. The number of hydrogen-bond acceptors (Lipinski definition) is 4. The van der Waals surface area contributed by atoms with Gasteiger partial charge in [-0.1, -0.05) is 60.9 Å². The Morgan fingerprint density at radius 3 is 2.24 bits per heavy atom. The van der Waals surface area contributed by atoms with E-state index in [9.17, 15) is 18.0 Å². The zero-order valence-electron chi connectivity index (χ0n) is 16.5. The summed E-state index contributed by atoms with van der Waals surface area (Å²) in [4.78, 5) is 27.9. The van der Waals surface area contributed by atoms with E-state index >= 15 is 0 Å². The fraction of sp³-hybridized carbons (Fsp3) is 0.391. The van der Waals surface area contributed by atoms with Gasteiger partial charge < -0.3 is 0 Å². The molecule has 4 rings (SSSR count). The van der Waals surface area contributed by atoms with Crippen LogP contribution in [0.2, 0.25) is 0 Å². The first-order chi connectivity index (χ1) is 13.9. The maximum atomic E-state index is 13.5. The maximum Gasteiger partial charge on any atom is 0.248 e. The van der Waals surface area contributed by atoms with Gasteiger partial charge in [-0.05, 0) is 43.4 Å². The standard InChI is InChI=1S/C23H25NO4S/c1-16-11-13-18(14-12-16)29(27,28)21-19-9-5-6-10-20(19)22(25)24(23(21)26)15-17-7-3-2-4-8-17/h2-4,7-8,11-14,19-21H,5-6,9-10,15H2,1H3/t19-,20+,21+/m0/s1. The molecule has 0 unspecified atom stereocenters. The number of benzene rings is 2. The second kappa shape index (κ2) is 7.75. The Morgan fingerprint density at radius 2 is 1.55 bits per heavy atom. The molecule has 2 fully saturated rings. The number of hydrogen-bond donors (Lipinski definition) is 0. The molecule has 0 N–H and O–H groups in total. The average molecular weight is 412 g/mol. The minimum absolute atomic E-state index is 0.113. The lowest BCUT2D eigenvalue weighted by Crippen LogP contribution is -2.59. The Bertz CT molecular complexity index is 1010. The molecule has 2 aliphatic rings. The van der Waals surface area contributed by atoms with Crippen LogP contribution in [0.15, 0.2) is 59.5 Å². The molecule has 0 radical (unpaired) electrons. The lowest BCUT2D eigenvalue weighted by Gasteiger charge is -2.43. The van der Waals surface area contributed by atoms with E-state index in [1.54, 1.807) is 24.3 Å². The van der Waals surface area contributed by atoms with Gasteiger partial charge in [0, 0.05) is 5.92 Å². The molecule has 3 atom stereocenters. The summed E-state index contributed by atoms with van der Waals surface area (Å²) in [6.45, 7) is 2.00. The summed E-state index contributed by atoms with van der Waals surface area (Å²) in [5, 5.41) is -1.20. The lowest BCUT2D eigenvalue weighted by molar-refractivity contribution is -0.156. The highest BCUT2D eigenvalue weighted by atomic mass is 32.2. The Kier molecular flexibility index (Phi) is 5.30. The van der Waals surface area contributed by atoms with Crippen molar-refractivity contribution in [3.05, 3.63) is 65.7 Å². The molecule has 1 aliphatic carbocycles. The SMILES string of the molecule is Cc1ccc(S(=O)(=O)[C@H]2C(=O)N(Cc3ccccc3)C(=O)[C@@H]3CCCC[C@@H]32)cc1. The molecule has 1 saturated heterocycles. The van der Waals surface area contributed by atoms with Crippen LogP contribution in [0.5, 0.6) is 0 Å². The van der Waals surface area contributed by atoms with E-state index in [2.05, 4.69) is 0 Å². The third kappa shape index (κ3) is 3.62. The quantitative estimate of drug-likeness (QED) is 0.722. The summed E-state index contributed by atoms with van der Waals surface area (Å²) in [6, 6.07) is 15.9. The van der Waals surface area contributed by atoms with Crippen molar-refractivity contribution < 1.29 is 18.0 Å². The van der Waals surface area contributed by atoms with Gasteiger partial charge in [0.15, 0.2) is 9.84 Å². The molecule has 2 amide bonds. The van der Waals surface area contributed by atoms with E-state index in [-0.39, 0.29) is 17.3 Å². The Balaban J connectivity index is 1.75. The van der Waals surface area contributed by atoms with Crippen molar-refractivity contribution in [3.63, 3.8) is 0 Å². The number of rotatable bonds is 4. The van der Waals surface area contributed by atoms with Gasteiger partial charge in [-0.3, -0.25) is 14.5 Å². The lowest BCUT2D eigenvalue weighted by atomic mass is 9.74. The molecule has 0 aromatic heterocycles. The van der Waals surface area contributed by atoms with Crippen LogP contribution in [-0.4, -0.2) is 30.4 Å². The summed E-state index contributed by atoms with van der Waals surface area (Å²) < 4.78 is 27.0. The summed E-state index contributed by atoms with van der Waals surface area (Å²) in [7, 11) is -3.89. The number of nitrogens with zero attached hydrogens (tertiary/aromatic N) is 1. The van der Waals surface area contributed by atoms with Gasteiger partial charge in [-0.15, -0.1) is 0 Å². The topological polar surface area (TPSA) is 71.5 Å². The first kappa shape index (κ1) is 19.8.